The van der Waals surface area contributed by atoms with Crippen molar-refractivity contribution in [3.63, 3.8) is 0 Å². The molecule has 0 spiro atoms. The lowest BCUT2D eigenvalue weighted by atomic mass is 10.2. The number of benzene rings is 1. The van der Waals surface area contributed by atoms with Crippen molar-refractivity contribution in [2.24, 2.45) is 0 Å². The highest BCUT2D eigenvalue weighted by molar-refractivity contribution is 9.10. The molecule has 1 atom stereocenters. The predicted octanol–water partition coefficient (Wildman–Crippen LogP) is 1.83. The largest absolute Gasteiger partial charge is 0.392 e. The lowest BCUT2D eigenvalue weighted by molar-refractivity contribution is -0.385. The predicted molar refractivity (Wildman–Crippen MR) is 64.2 cm³/mol. The van der Waals surface area contributed by atoms with Gasteiger partial charge in [0.15, 0.2) is 0 Å². The van der Waals surface area contributed by atoms with Crippen LogP contribution in [0, 0.1) is 10.1 Å². The number of hydrogen-bond acceptors (Lipinski definition) is 4. The zero-order chi connectivity index (χ0) is 12.1. The maximum atomic E-state index is 10.7. The summed E-state index contributed by atoms with van der Waals surface area (Å²) in [4.78, 5) is 10.3. The molecule has 1 aromatic carbocycles. The second-order valence-electron chi connectivity index (χ2n) is 3.51. The van der Waals surface area contributed by atoms with Gasteiger partial charge in [-0.25, -0.2) is 0 Å². The third-order valence-electron chi connectivity index (χ3n) is 1.99. The highest BCUT2D eigenvalue weighted by Gasteiger charge is 2.13. The van der Waals surface area contributed by atoms with Crippen LogP contribution in [0.4, 0.5) is 5.69 Å². The maximum absolute atomic E-state index is 10.7. The molecule has 0 amide bonds. The van der Waals surface area contributed by atoms with E-state index in [9.17, 15) is 10.1 Å². The number of nitrogens with zero attached hydrogens (tertiary/aromatic N) is 1. The van der Waals surface area contributed by atoms with Gasteiger partial charge in [0.25, 0.3) is 5.69 Å². The van der Waals surface area contributed by atoms with Gasteiger partial charge in [0, 0.05) is 29.2 Å². The molecule has 88 valence electrons. The number of aliphatic hydroxyl groups excluding tert-OH is 1. The van der Waals surface area contributed by atoms with Gasteiger partial charge in [0.1, 0.15) is 0 Å². The van der Waals surface area contributed by atoms with E-state index >= 15 is 0 Å². The topological polar surface area (TPSA) is 75.4 Å². The van der Waals surface area contributed by atoms with Crippen molar-refractivity contribution in [1.29, 1.82) is 0 Å². The molecule has 0 heterocycles. The Balaban J connectivity index is 2.76. The highest BCUT2D eigenvalue weighted by atomic mass is 79.9. The Morgan fingerprint density at radius 2 is 2.31 bits per heavy atom. The summed E-state index contributed by atoms with van der Waals surface area (Å²) in [7, 11) is 0. The maximum Gasteiger partial charge on any atom is 0.273 e. The summed E-state index contributed by atoms with van der Waals surface area (Å²) in [6.45, 7) is 2.42. The fourth-order valence-electron chi connectivity index (χ4n) is 1.29. The summed E-state index contributed by atoms with van der Waals surface area (Å²) in [5.41, 5.74) is 0.682. The van der Waals surface area contributed by atoms with E-state index in [1.807, 2.05) is 0 Å². The first-order valence-electron chi connectivity index (χ1n) is 4.82. The van der Waals surface area contributed by atoms with Crippen molar-refractivity contribution >= 4 is 21.6 Å². The van der Waals surface area contributed by atoms with Crippen molar-refractivity contribution in [2.45, 2.75) is 19.6 Å². The van der Waals surface area contributed by atoms with E-state index in [-0.39, 0.29) is 5.69 Å². The third kappa shape index (κ3) is 3.88. The Morgan fingerprint density at radius 3 is 2.88 bits per heavy atom. The first-order valence-corrected chi connectivity index (χ1v) is 5.61. The highest BCUT2D eigenvalue weighted by Crippen LogP contribution is 2.22. The molecule has 0 aliphatic carbocycles. The normalized spacial score (nSPS) is 12.4. The van der Waals surface area contributed by atoms with E-state index in [1.54, 1.807) is 19.1 Å². The molecule has 0 aliphatic rings. The Hall–Kier alpha value is -0.980. The second kappa shape index (κ2) is 5.93. The SMILES string of the molecule is C[C@@H](O)CNCc1cc(Br)ccc1[N+](=O)[O-]. The Morgan fingerprint density at radius 1 is 1.62 bits per heavy atom. The summed E-state index contributed by atoms with van der Waals surface area (Å²) in [5.74, 6) is 0. The Kier molecular flexibility index (Phi) is 4.85. The first-order chi connectivity index (χ1) is 7.50. The molecule has 1 aromatic rings. The van der Waals surface area contributed by atoms with Gasteiger partial charge in [0.2, 0.25) is 0 Å². The lowest BCUT2D eigenvalue weighted by Gasteiger charge is -2.07. The molecule has 0 saturated heterocycles. The quantitative estimate of drug-likeness (QED) is 0.640. The number of nitrogens with one attached hydrogen (secondary N) is 1. The second-order valence-corrected chi connectivity index (χ2v) is 4.43. The minimum Gasteiger partial charge on any atom is -0.392 e. The molecule has 2 N–H and O–H groups in total. The number of halogens is 1. The van der Waals surface area contributed by atoms with Gasteiger partial charge in [-0.15, -0.1) is 0 Å². The summed E-state index contributed by atoms with van der Waals surface area (Å²) >= 11 is 3.27. The lowest BCUT2D eigenvalue weighted by Crippen LogP contribution is -2.24. The fourth-order valence-corrected chi connectivity index (χ4v) is 1.70. The summed E-state index contributed by atoms with van der Waals surface area (Å²) < 4.78 is 0.798. The average molecular weight is 289 g/mol. The van der Waals surface area contributed by atoms with Gasteiger partial charge < -0.3 is 10.4 Å². The molecule has 6 heteroatoms. The number of nitro groups is 1. The fraction of sp³-hybridized carbons (Fsp3) is 0.400. The number of aliphatic hydroxyl groups is 1. The molecule has 5 nitrogen and oxygen atoms in total. The molecule has 16 heavy (non-hydrogen) atoms. The molecule has 0 bridgehead atoms. The minimum absolute atomic E-state index is 0.0845. The average Bonchev–Trinajstić information content (AvgIpc) is 2.16. The molecule has 0 unspecified atom stereocenters. The van der Waals surface area contributed by atoms with E-state index < -0.39 is 11.0 Å². The van der Waals surface area contributed by atoms with Crippen LogP contribution in [0.1, 0.15) is 12.5 Å². The van der Waals surface area contributed by atoms with Crippen LogP contribution in [0.5, 0.6) is 0 Å². The van der Waals surface area contributed by atoms with Crippen LogP contribution in [0.15, 0.2) is 22.7 Å². The Bertz CT molecular complexity index is 382. The number of hydrogen-bond donors (Lipinski definition) is 2. The molecule has 1 rings (SSSR count). The van der Waals surface area contributed by atoms with Gasteiger partial charge in [0.05, 0.1) is 11.0 Å². The third-order valence-corrected chi connectivity index (χ3v) is 2.49. The van der Waals surface area contributed by atoms with E-state index in [1.165, 1.54) is 6.07 Å². The molecule has 0 radical (unpaired) electrons. The van der Waals surface area contributed by atoms with E-state index in [0.717, 1.165) is 4.47 Å². The van der Waals surface area contributed by atoms with Crippen LogP contribution in [0.3, 0.4) is 0 Å². The zero-order valence-corrected chi connectivity index (χ0v) is 10.4. The molecule has 0 aromatic heterocycles. The monoisotopic (exact) mass is 288 g/mol. The van der Waals surface area contributed by atoms with E-state index in [4.69, 9.17) is 5.11 Å². The van der Waals surface area contributed by atoms with E-state index in [2.05, 4.69) is 21.2 Å². The van der Waals surface area contributed by atoms with Crippen LogP contribution in [0.2, 0.25) is 0 Å². The van der Waals surface area contributed by atoms with Crippen LogP contribution >= 0.6 is 15.9 Å². The standard InChI is InChI=1S/C10H13BrN2O3/c1-7(14)5-12-6-8-4-9(11)2-3-10(8)13(15)16/h2-4,7,12,14H,5-6H2,1H3/t7-/m1/s1. The summed E-state index contributed by atoms with van der Waals surface area (Å²) in [5, 5.41) is 22.7. The molecule has 0 saturated carbocycles. The van der Waals surface area contributed by atoms with Gasteiger partial charge in [-0.1, -0.05) is 15.9 Å². The van der Waals surface area contributed by atoms with Crippen LogP contribution in [-0.2, 0) is 6.54 Å². The van der Waals surface area contributed by atoms with Crippen LogP contribution < -0.4 is 5.32 Å². The number of rotatable bonds is 5. The molecular weight excluding hydrogens is 276 g/mol. The van der Waals surface area contributed by atoms with Gasteiger partial charge >= 0.3 is 0 Å². The van der Waals surface area contributed by atoms with Crippen LogP contribution in [-0.4, -0.2) is 22.7 Å². The summed E-state index contributed by atoms with van der Waals surface area (Å²) in [6, 6.07) is 4.80. The van der Waals surface area contributed by atoms with E-state index in [0.29, 0.717) is 18.7 Å². The smallest absolute Gasteiger partial charge is 0.273 e. The zero-order valence-electron chi connectivity index (χ0n) is 8.81. The first kappa shape index (κ1) is 13.1. The minimum atomic E-state index is -0.466. The van der Waals surface area contributed by atoms with Gasteiger partial charge in [-0.2, -0.15) is 0 Å². The Labute approximate surface area is 102 Å². The van der Waals surface area contributed by atoms with Gasteiger partial charge in [-0.05, 0) is 19.1 Å². The summed E-state index contributed by atoms with van der Waals surface area (Å²) in [6.07, 6.45) is -0.466. The van der Waals surface area contributed by atoms with Crippen molar-refractivity contribution in [2.75, 3.05) is 6.54 Å². The van der Waals surface area contributed by atoms with Gasteiger partial charge in [-0.3, -0.25) is 10.1 Å². The van der Waals surface area contributed by atoms with Crippen LogP contribution in [0.25, 0.3) is 0 Å². The van der Waals surface area contributed by atoms with Crippen molar-refractivity contribution in [1.82, 2.24) is 5.32 Å². The molecule has 0 fully saturated rings. The van der Waals surface area contributed by atoms with Crippen molar-refractivity contribution in [3.05, 3.63) is 38.3 Å². The van der Waals surface area contributed by atoms with Crippen molar-refractivity contribution < 1.29 is 10.0 Å². The van der Waals surface area contributed by atoms with Crippen molar-refractivity contribution in [3.8, 4) is 0 Å². The number of nitro benzene ring substituents is 1. The molecular formula is C10H13BrN2O3. The molecule has 0 aliphatic heterocycles.